The van der Waals surface area contributed by atoms with Gasteiger partial charge in [0, 0.05) is 11.8 Å². The molecule has 1 saturated heterocycles. The van der Waals surface area contributed by atoms with Crippen LogP contribution < -0.4 is 4.90 Å². The number of nitrogens with zero attached hydrogens (tertiary/aromatic N) is 1. The van der Waals surface area contributed by atoms with Gasteiger partial charge in [-0.1, -0.05) is 41.0 Å². The van der Waals surface area contributed by atoms with Crippen LogP contribution in [0.15, 0.2) is 18.2 Å². The fourth-order valence-electron chi connectivity index (χ4n) is 1.58. The molecule has 0 radical (unpaired) electrons. The van der Waals surface area contributed by atoms with Crippen molar-refractivity contribution in [2.75, 3.05) is 10.7 Å². The molecule has 0 amide bonds. The van der Waals surface area contributed by atoms with E-state index in [9.17, 15) is 0 Å². The lowest BCUT2D eigenvalue weighted by atomic mass is 10.2. The number of hydrogen-bond donors (Lipinski definition) is 1. The molecule has 1 fully saturated rings. The summed E-state index contributed by atoms with van der Waals surface area (Å²) in [4.78, 5) is 1.88. The second-order valence-corrected chi connectivity index (χ2v) is 5.23. The Kier molecular flexibility index (Phi) is 3.14. The van der Waals surface area contributed by atoms with E-state index >= 15 is 0 Å². The maximum atomic E-state index is 7.84. The number of para-hydroxylation sites is 1. The number of anilines is 1. The Bertz CT molecular complexity index is 388. The lowest BCUT2D eigenvalue weighted by Gasteiger charge is -2.24. The molecule has 1 aliphatic heterocycles. The van der Waals surface area contributed by atoms with E-state index < -0.39 is 0 Å². The summed E-state index contributed by atoms with van der Waals surface area (Å²) in [7, 11) is 0. The predicted molar refractivity (Wildman–Crippen MR) is 68.6 cm³/mol. The molecule has 0 aliphatic carbocycles. The second kappa shape index (κ2) is 4.24. The molecule has 5 heteroatoms. The van der Waals surface area contributed by atoms with Gasteiger partial charge < -0.3 is 4.90 Å². The van der Waals surface area contributed by atoms with Crippen molar-refractivity contribution >= 4 is 45.8 Å². The van der Waals surface area contributed by atoms with Crippen LogP contribution >= 0.6 is 35.0 Å². The number of rotatable bonds is 1. The van der Waals surface area contributed by atoms with E-state index in [1.807, 2.05) is 11.0 Å². The van der Waals surface area contributed by atoms with E-state index in [1.165, 1.54) is 11.8 Å². The highest BCUT2D eigenvalue weighted by Gasteiger charge is 2.29. The highest BCUT2D eigenvalue weighted by Crippen LogP contribution is 2.39. The molecular weight excluding hydrogens is 251 g/mol. The van der Waals surface area contributed by atoms with E-state index in [0.29, 0.717) is 15.2 Å². The Morgan fingerprint density at radius 2 is 2.00 bits per heavy atom. The van der Waals surface area contributed by atoms with Crippen LogP contribution in [0.4, 0.5) is 5.69 Å². The van der Waals surface area contributed by atoms with Gasteiger partial charge in [0.2, 0.25) is 0 Å². The Labute approximate surface area is 103 Å². The maximum Gasteiger partial charge on any atom is 0.161 e. The molecule has 0 saturated carbocycles. The number of benzene rings is 1. The van der Waals surface area contributed by atoms with Crippen molar-refractivity contribution in [2.24, 2.45) is 0 Å². The maximum absolute atomic E-state index is 7.84. The summed E-state index contributed by atoms with van der Waals surface area (Å²) in [6, 6.07) is 5.67. The van der Waals surface area contributed by atoms with Crippen molar-refractivity contribution in [1.29, 1.82) is 5.41 Å². The molecule has 0 bridgehead atoms. The third-order valence-corrected chi connectivity index (χ3v) is 4.03. The second-order valence-electron chi connectivity index (χ2n) is 3.41. The van der Waals surface area contributed by atoms with Crippen LogP contribution in [0.3, 0.4) is 0 Å². The molecule has 1 N–H and O–H groups in total. The van der Waals surface area contributed by atoms with E-state index in [2.05, 4.69) is 6.92 Å². The van der Waals surface area contributed by atoms with Crippen molar-refractivity contribution in [3.8, 4) is 0 Å². The molecule has 1 atom stereocenters. The molecule has 80 valence electrons. The normalized spacial score (nSPS) is 21.1. The molecule has 15 heavy (non-hydrogen) atoms. The zero-order chi connectivity index (χ0) is 11.0. The number of nitrogens with one attached hydrogen (secondary N) is 1. The van der Waals surface area contributed by atoms with Gasteiger partial charge in [0.05, 0.1) is 15.7 Å². The summed E-state index contributed by atoms with van der Waals surface area (Å²) in [5.41, 5.74) is 0.753. The highest BCUT2D eigenvalue weighted by molar-refractivity contribution is 8.14. The van der Waals surface area contributed by atoms with E-state index in [-0.39, 0.29) is 6.04 Å². The summed E-state index contributed by atoms with van der Waals surface area (Å²) >= 11 is 13.7. The first-order valence-corrected chi connectivity index (χ1v) is 6.30. The van der Waals surface area contributed by atoms with E-state index in [4.69, 9.17) is 28.6 Å². The zero-order valence-electron chi connectivity index (χ0n) is 8.13. The van der Waals surface area contributed by atoms with Gasteiger partial charge in [0.1, 0.15) is 0 Å². The fourth-order valence-corrected chi connectivity index (χ4v) is 3.12. The summed E-state index contributed by atoms with van der Waals surface area (Å²) in [6.45, 7) is 2.06. The van der Waals surface area contributed by atoms with Crippen LogP contribution in [0, 0.1) is 5.41 Å². The summed E-state index contributed by atoms with van der Waals surface area (Å²) < 4.78 is 0. The Morgan fingerprint density at radius 3 is 2.47 bits per heavy atom. The average molecular weight is 261 g/mol. The van der Waals surface area contributed by atoms with Crippen LogP contribution in [0.25, 0.3) is 0 Å². The first kappa shape index (κ1) is 11.1. The van der Waals surface area contributed by atoms with E-state index in [0.717, 1.165) is 11.4 Å². The Hall–Kier alpha value is -0.380. The standard InChI is InChI=1S/C10H10Cl2N2S/c1-6-5-15-10(13)14(6)9-7(11)3-2-4-8(9)12/h2-4,6,13H,5H2,1H3. The van der Waals surface area contributed by atoms with Crippen LogP contribution in [0.1, 0.15) is 6.92 Å². The summed E-state index contributed by atoms with van der Waals surface area (Å²) in [5, 5.41) is 9.55. The first-order valence-electron chi connectivity index (χ1n) is 4.56. The smallest absolute Gasteiger partial charge is 0.161 e. The molecule has 1 unspecified atom stereocenters. The number of halogens is 2. The van der Waals surface area contributed by atoms with Crippen molar-refractivity contribution in [1.82, 2.24) is 0 Å². The quantitative estimate of drug-likeness (QED) is 0.830. The molecule has 2 rings (SSSR count). The molecule has 1 aromatic rings. The SMILES string of the molecule is CC1CSC(=N)N1c1c(Cl)cccc1Cl. The van der Waals surface area contributed by atoms with Crippen molar-refractivity contribution in [2.45, 2.75) is 13.0 Å². The molecule has 1 aromatic carbocycles. The van der Waals surface area contributed by atoms with Crippen molar-refractivity contribution < 1.29 is 0 Å². The molecule has 1 heterocycles. The molecular formula is C10H10Cl2N2S. The van der Waals surface area contributed by atoms with Crippen molar-refractivity contribution in [3.63, 3.8) is 0 Å². The third-order valence-electron chi connectivity index (χ3n) is 2.30. The first-order chi connectivity index (χ1) is 7.11. The van der Waals surface area contributed by atoms with Gasteiger partial charge in [-0.3, -0.25) is 5.41 Å². The van der Waals surface area contributed by atoms with Crippen LogP contribution in [0.2, 0.25) is 10.0 Å². The Balaban J connectivity index is 2.49. The van der Waals surface area contributed by atoms with Crippen LogP contribution in [-0.2, 0) is 0 Å². The van der Waals surface area contributed by atoms with Gasteiger partial charge >= 0.3 is 0 Å². The monoisotopic (exact) mass is 260 g/mol. The zero-order valence-corrected chi connectivity index (χ0v) is 10.5. The molecule has 2 nitrogen and oxygen atoms in total. The predicted octanol–water partition coefficient (Wildman–Crippen LogP) is 3.87. The summed E-state index contributed by atoms with van der Waals surface area (Å²) in [5.74, 6) is 0.903. The van der Waals surface area contributed by atoms with Gasteiger partial charge in [0.15, 0.2) is 5.17 Å². The average Bonchev–Trinajstić information content (AvgIpc) is 2.49. The number of amidine groups is 1. The topological polar surface area (TPSA) is 27.1 Å². The minimum Gasteiger partial charge on any atom is -0.315 e. The molecule has 0 spiro atoms. The van der Waals surface area contributed by atoms with Crippen LogP contribution in [-0.4, -0.2) is 17.0 Å². The van der Waals surface area contributed by atoms with Gasteiger partial charge in [-0.2, -0.15) is 0 Å². The van der Waals surface area contributed by atoms with E-state index in [1.54, 1.807) is 12.1 Å². The summed E-state index contributed by atoms with van der Waals surface area (Å²) in [6.07, 6.45) is 0. The van der Waals surface area contributed by atoms with Gasteiger partial charge in [-0.25, -0.2) is 0 Å². The molecule has 0 aromatic heterocycles. The number of thioether (sulfide) groups is 1. The van der Waals surface area contributed by atoms with Gasteiger partial charge in [0.25, 0.3) is 0 Å². The highest BCUT2D eigenvalue weighted by atomic mass is 35.5. The third kappa shape index (κ3) is 1.96. The van der Waals surface area contributed by atoms with Gasteiger partial charge in [-0.05, 0) is 19.1 Å². The minimum absolute atomic E-state index is 0.264. The largest absolute Gasteiger partial charge is 0.315 e. The number of hydrogen-bond acceptors (Lipinski definition) is 2. The molecule has 1 aliphatic rings. The Morgan fingerprint density at radius 1 is 1.40 bits per heavy atom. The van der Waals surface area contributed by atoms with Crippen molar-refractivity contribution in [3.05, 3.63) is 28.2 Å². The lowest BCUT2D eigenvalue weighted by Crippen LogP contribution is -2.31. The minimum atomic E-state index is 0.264. The lowest BCUT2D eigenvalue weighted by molar-refractivity contribution is 0.838. The van der Waals surface area contributed by atoms with Gasteiger partial charge in [-0.15, -0.1) is 0 Å². The van der Waals surface area contributed by atoms with Crippen LogP contribution in [0.5, 0.6) is 0 Å². The fraction of sp³-hybridized carbons (Fsp3) is 0.300.